The van der Waals surface area contributed by atoms with E-state index in [-0.39, 0.29) is 24.7 Å². The number of rotatable bonds is 4. The summed E-state index contributed by atoms with van der Waals surface area (Å²) in [7, 11) is 0. The number of aromatic nitrogens is 2. The molecule has 1 aliphatic rings. The molecule has 1 N–H and O–H groups in total. The number of carboxylic acid groups (broad SMARTS) is 1. The number of piperidine rings is 1. The van der Waals surface area contributed by atoms with E-state index in [2.05, 4.69) is 9.97 Å². The Morgan fingerprint density at radius 1 is 1.28 bits per heavy atom. The standard InChI is InChI=1S/C17H17F2N3O3/c18-17(19)6-7-22(16(23)24)10-13(17)14-8-21-15(9-20-14)25-11-12-4-2-1-3-5-12/h1-5,8-9,13H,6-7,10-11H2,(H,23,24)/t13-/m0/s1. The SMILES string of the molecule is O=C(O)N1CCC(F)(F)[C@H](c2cnc(OCc3ccccc3)cn2)C1. The van der Waals surface area contributed by atoms with Gasteiger partial charge in [-0.1, -0.05) is 30.3 Å². The number of halogens is 2. The lowest BCUT2D eigenvalue weighted by atomic mass is 9.91. The zero-order chi connectivity index (χ0) is 17.9. The van der Waals surface area contributed by atoms with Crippen LogP contribution in [0.1, 0.15) is 23.6 Å². The van der Waals surface area contributed by atoms with Crippen LogP contribution in [0.4, 0.5) is 13.6 Å². The minimum absolute atomic E-state index is 0.0583. The van der Waals surface area contributed by atoms with Crippen molar-refractivity contribution < 1.29 is 23.4 Å². The Hall–Kier alpha value is -2.77. The van der Waals surface area contributed by atoms with Crippen molar-refractivity contribution in [1.29, 1.82) is 0 Å². The molecule has 0 saturated carbocycles. The van der Waals surface area contributed by atoms with Gasteiger partial charge in [-0.05, 0) is 5.56 Å². The average molecular weight is 349 g/mol. The smallest absolute Gasteiger partial charge is 0.407 e. The average Bonchev–Trinajstić information content (AvgIpc) is 2.61. The number of benzene rings is 1. The van der Waals surface area contributed by atoms with Gasteiger partial charge < -0.3 is 14.7 Å². The van der Waals surface area contributed by atoms with Crippen molar-refractivity contribution in [1.82, 2.24) is 14.9 Å². The van der Waals surface area contributed by atoms with Gasteiger partial charge in [0.1, 0.15) is 6.61 Å². The number of carbonyl (C=O) groups is 1. The molecular formula is C17H17F2N3O3. The molecule has 0 aliphatic carbocycles. The topological polar surface area (TPSA) is 75.5 Å². The number of nitrogens with zero attached hydrogens (tertiary/aromatic N) is 3. The lowest BCUT2D eigenvalue weighted by Crippen LogP contribution is -2.47. The van der Waals surface area contributed by atoms with Gasteiger partial charge in [-0.2, -0.15) is 0 Å². The summed E-state index contributed by atoms with van der Waals surface area (Å²) in [5.41, 5.74) is 1.01. The van der Waals surface area contributed by atoms with E-state index < -0.39 is 24.4 Å². The predicted octanol–water partition coefficient (Wildman–Crippen LogP) is 3.16. The fourth-order valence-corrected chi connectivity index (χ4v) is 2.70. The van der Waals surface area contributed by atoms with E-state index in [9.17, 15) is 13.6 Å². The minimum Gasteiger partial charge on any atom is -0.472 e. The van der Waals surface area contributed by atoms with Crippen molar-refractivity contribution >= 4 is 6.09 Å². The third-order valence-electron chi connectivity index (χ3n) is 4.13. The summed E-state index contributed by atoms with van der Waals surface area (Å²) in [5, 5.41) is 9.02. The Balaban J connectivity index is 1.69. The van der Waals surface area contributed by atoms with Crippen LogP contribution in [0, 0.1) is 0 Å². The number of likely N-dealkylation sites (tertiary alicyclic amines) is 1. The molecule has 25 heavy (non-hydrogen) atoms. The van der Waals surface area contributed by atoms with Crippen molar-refractivity contribution in [2.75, 3.05) is 13.1 Å². The van der Waals surface area contributed by atoms with E-state index in [1.54, 1.807) is 0 Å². The fraction of sp³-hybridized carbons (Fsp3) is 0.353. The van der Waals surface area contributed by atoms with Gasteiger partial charge in [0, 0.05) is 19.5 Å². The summed E-state index contributed by atoms with van der Waals surface area (Å²) in [6.07, 6.45) is 0.771. The highest BCUT2D eigenvalue weighted by atomic mass is 19.3. The molecule has 1 aliphatic heterocycles. The first-order chi connectivity index (χ1) is 12.0. The van der Waals surface area contributed by atoms with Crippen LogP contribution in [0.3, 0.4) is 0 Å². The molecule has 6 nitrogen and oxygen atoms in total. The van der Waals surface area contributed by atoms with Crippen LogP contribution >= 0.6 is 0 Å². The van der Waals surface area contributed by atoms with E-state index in [0.717, 1.165) is 10.5 Å². The molecule has 1 fully saturated rings. The highest BCUT2D eigenvalue weighted by Crippen LogP contribution is 2.39. The lowest BCUT2D eigenvalue weighted by molar-refractivity contribution is -0.0717. The monoisotopic (exact) mass is 349 g/mol. The molecule has 1 amide bonds. The van der Waals surface area contributed by atoms with Crippen LogP contribution in [-0.2, 0) is 6.61 Å². The summed E-state index contributed by atoms with van der Waals surface area (Å²) >= 11 is 0. The number of alkyl halides is 2. The van der Waals surface area contributed by atoms with Gasteiger partial charge in [0.05, 0.1) is 24.0 Å². The first-order valence-electron chi connectivity index (χ1n) is 7.80. The fourth-order valence-electron chi connectivity index (χ4n) is 2.70. The third-order valence-corrected chi connectivity index (χ3v) is 4.13. The molecule has 2 aromatic rings. The zero-order valence-electron chi connectivity index (χ0n) is 13.3. The van der Waals surface area contributed by atoms with Gasteiger partial charge in [0.15, 0.2) is 0 Å². The molecule has 0 bridgehead atoms. The Morgan fingerprint density at radius 3 is 2.68 bits per heavy atom. The van der Waals surface area contributed by atoms with Crippen molar-refractivity contribution in [3.8, 4) is 5.88 Å². The van der Waals surface area contributed by atoms with E-state index in [1.165, 1.54) is 12.4 Å². The van der Waals surface area contributed by atoms with Crippen LogP contribution in [0.5, 0.6) is 5.88 Å². The number of ether oxygens (including phenoxy) is 1. The maximum Gasteiger partial charge on any atom is 0.407 e. The molecule has 132 valence electrons. The van der Waals surface area contributed by atoms with Crippen LogP contribution in [0.2, 0.25) is 0 Å². The highest BCUT2D eigenvalue weighted by Gasteiger charge is 2.46. The molecule has 0 radical (unpaired) electrons. The maximum absolute atomic E-state index is 14.1. The van der Waals surface area contributed by atoms with Crippen molar-refractivity contribution in [2.24, 2.45) is 0 Å². The summed E-state index contributed by atoms with van der Waals surface area (Å²) in [5.74, 6) is -4.11. The van der Waals surface area contributed by atoms with Gasteiger partial charge >= 0.3 is 6.09 Å². The van der Waals surface area contributed by atoms with Gasteiger partial charge in [-0.3, -0.25) is 4.98 Å². The number of hydrogen-bond acceptors (Lipinski definition) is 4. The summed E-state index contributed by atoms with van der Waals surface area (Å²) in [4.78, 5) is 20.1. The molecule has 1 aromatic carbocycles. The first-order valence-corrected chi connectivity index (χ1v) is 7.80. The second-order valence-corrected chi connectivity index (χ2v) is 5.85. The molecular weight excluding hydrogens is 332 g/mol. The molecule has 1 saturated heterocycles. The summed E-state index contributed by atoms with van der Waals surface area (Å²) in [6.45, 7) is -0.201. The van der Waals surface area contributed by atoms with Crippen molar-refractivity contribution in [3.05, 3.63) is 54.0 Å². The highest BCUT2D eigenvalue weighted by molar-refractivity contribution is 5.65. The van der Waals surface area contributed by atoms with E-state index in [0.29, 0.717) is 6.61 Å². The second kappa shape index (κ2) is 7.00. The second-order valence-electron chi connectivity index (χ2n) is 5.85. The normalized spacial score (nSPS) is 19.4. The molecule has 2 heterocycles. The van der Waals surface area contributed by atoms with Crippen molar-refractivity contribution in [2.45, 2.75) is 24.9 Å². The molecule has 0 spiro atoms. The van der Waals surface area contributed by atoms with Crippen LogP contribution < -0.4 is 4.74 Å². The summed E-state index contributed by atoms with van der Waals surface area (Å²) < 4.78 is 33.8. The van der Waals surface area contributed by atoms with Crippen molar-refractivity contribution in [3.63, 3.8) is 0 Å². The Kier molecular flexibility index (Phi) is 4.78. The van der Waals surface area contributed by atoms with E-state index in [4.69, 9.17) is 9.84 Å². The largest absolute Gasteiger partial charge is 0.472 e. The van der Waals surface area contributed by atoms with Crippen LogP contribution in [0.15, 0.2) is 42.7 Å². The van der Waals surface area contributed by atoms with Gasteiger partial charge in [-0.15, -0.1) is 0 Å². The zero-order valence-corrected chi connectivity index (χ0v) is 13.3. The molecule has 1 atom stereocenters. The Labute approximate surface area is 143 Å². The predicted molar refractivity (Wildman–Crippen MR) is 84.7 cm³/mol. The van der Waals surface area contributed by atoms with Gasteiger partial charge in [-0.25, -0.2) is 18.6 Å². The van der Waals surface area contributed by atoms with E-state index >= 15 is 0 Å². The number of hydrogen-bond donors (Lipinski definition) is 1. The van der Waals surface area contributed by atoms with Crippen LogP contribution in [-0.4, -0.2) is 45.1 Å². The third kappa shape index (κ3) is 4.01. The molecule has 3 rings (SSSR count). The quantitative estimate of drug-likeness (QED) is 0.918. The lowest BCUT2D eigenvalue weighted by Gasteiger charge is -2.36. The minimum atomic E-state index is -3.02. The van der Waals surface area contributed by atoms with Gasteiger partial charge in [0.2, 0.25) is 5.88 Å². The summed E-state index contributed by atoms with van der Waals surface area (Å²) in [6, 6.07) is 9.44. The Morgan fingerprint density at radius 2 is 2.04 bits per heavy atom. The molecule has 8 heteroatoms. The molecule has 1 aromatic heterocycles. The number of amides is 1. The van der Waals surface area contributed by atoms with E-state index in [1.807, 2.05) is 30.3 Å². The van der Waals surface area contributed by atoms with Gasteiger partial charge in [0.25, 0.3) is 5.92 Å². The van der Waals surface area contributed by atoms with Crippen LogP contribution in [0.25, 0.3) is 0 Å². The first kappa shape index (κ1) is 17.1. The molecule has 0 unspecified atom stereocenters. The Bertz CT molecular complexity index is 726. The maximum atomic E-state index is 14.1.